The lowest BCUT2D eigenvalue weighted by molar-refractivity contribution is 0.177. The average molecular weight is 465 g/mol. The number of benzene rings is 2. The maximum Gasteiger partial charge on any atom is 0.203 e. The van der Waals surface area contributed by atoms with Crippen molar-refractivity contribution in [3.8, 4) is 34.8 Å². The highest BCUT2D eigenvalue weighted by Gasteiger charge is 2.38. The van der Waals surface area contributed by atoms with Crippen molar-refractivity contribution in [2.45, 2.75) is 37.6 Å². The van der Waals surface area contributed by atoms with Crippen molar-refractivity contribution in [3.63, 3.8) is 0 Å². The molecule has 0 aromatic heterocycles. The number of nitriles is 1. The molecular formula is C27H32N2O5. The quantitative estimate of drug-likeness (QED) is 0.570. The van der Waals surface area contributed by atoms with Gasteiger partial charge in [0.2, 0.25) is 5.75 Å². The van der Waals surface area contributed by atoms with Gasteiger partial charge in [-0.3, -0.25) is 0 Å². The standard InChI is InChI=1S/C27H32N2O5/c1-30-22-10-9-17(12-23(22)31-2)20-15-19-8-6-7-11-29(19)21(16-28)26(20)18-13-24(32-3)27(34-5)25(14-18)33-4/h9-10,12-14,19-20H,6-8,11,15H2,1-5H3/t19-,20-/m0/s1. The second-order valence-corrected chi connectivity index (χ2v) is 8.53. The number of ether oxygens (including phenoxy) is 5. The van der Waals surface area contributed by atoms with Crippen LogP contribution in [0.5, 0.6) is 28.7 Å². The topological polar surface area (TPSA) is 73.2 Å². The van der Waals surface area contributed by atoms with Gasteiger partial charge < -0.3 is 28.6 Å². The van der Waals surface area contributed by atoms with Crippen LogP contribution in [0.1, 0.15) is 42.7 Å². The molecule has 2 aromatic rings. The summed E-state index contributed by atoms with van der Waals surface area (Å²) in [5.41, 5.74) is 3.64. The summed E-state index contributed by atoms with van der Waals surface area (Å²) in [7, 11) is 8.07. The monoisotopic (exact) mass is 464 g/mol. The molecule has 0 unspecified atom stereocenters. The van der Waals surface area contributed by atoms with Crippen LogP contribution in [-0.4, -0.2) is 53.0 Å². The Morgan fingerprint density at radius 1 is 0.824 bits per heavy atom. The first-order valence-corrected chi connectivity index (χ1v) is 11.5. The van der Waals surface area contributed by atoms with E-state index >= 15 is 0 Å². The third-order valence-electron chi connectivity index (χ3n) is 6.92. The Morgan fingerprint density at radius 2 is 1.50 bits per heavy atom. The molecule has 1 saturated heterocycles. The zero-order chi connectivity index (χ0) is 24.2. The van der Waals surface area contributed by atoms with E-state index in [4.69, 9.17) is 23.7 Å². The molecule has 0 saturated carbocycles. The summed E-state index contributed by atoms with van der Waals surface area (Å²) in [6.07, 6.45) is 4.26. The molecule has 2 heterocycles. The molecule has 0 radical (unpaired) electrons. The highest BCUT2D eigenvalue weighted by molar-refractivity contribution is 5.80. The van der Waals surface area contributed by atoms with Crippen LogP contribution in [0.25, 0.3) is 5.57 Å². The fraction of sp³-hybridized carbons (Fsp3) is 0.444. The van der Waals surface area contributed by atoms with Crippen molar-refractivity contribution in [1.82, 2.24) is 4.90 Å². The maximum absolute atomic E-state index is 10.4. The van der Waals surface area contributed by atoms with E-state index in [0.29, 0.717) is 40.5 Å². The summed E-state index contributed by atoms with van der Waals surface area (Å²) in [5.74, 6) is 3.01. The van der Waals surface area contributed by atoms with E-state index in [-0.39, 0.29) is 5.92 Å². The van der Waals surface area contributed by atoms with Gasteiger partial charge in [0.25, 0.3) is 0 Å². The molecule has 0 aliphatic carbocycles. The maximum atomic E-state index is 10.4. The van der Waals surface area contributed by atoms with E-state index in [0.717, 1.165) is 42.5 Å². The summed E-state index contributed by atoms with van der Waals surface area (Å²) in [5, 5.41) is 10.4. The molecule has 2 aromatic carbocycles. The largest absolute Gasteiger partial charge is 0.493 e. The molecule has 7 heteroatoms. The van der Waals surface area contributed by atoms with Crippen LogP contribution in [0.15, 0.2) is 36.0 Å². The molecule has 34 heavy (non-hydrogen) atoms. The number of allylic oxidation sites excluding steroid dienone is 2. The number of nitrogens with zero attached hydrogens (tertiary/aromatic N) is 2. The van der Waals surface area contributed by atoms with Gasteiger partial charge in [-0.15, -0.1) is 0 Å². The summed E-state index contributed by atoms with van der Waals surface area (Å²) in [6, 6.07) is 12.8. The molecule has 2 aliphatic rings. The molecule has 4 rings (SSSR count). The van der Waals surface area contributed by atoms with E-state index < -0.39 is 0 Å². The lowest BCUT2D eigenvalue weighted by Crippen LogP contribution is -2.43. The number of hydrogen-bond donors (Lipinski definition) is 0. The molecule has 0 bridgehead atoms. The Hall–Kier alpha value is -3.53. The molecule has 180 valence electrons. The minimum Gasteiger partial charge on any atom is -0.493 e. The summed E-state index contributed by atoms with van der Waals surface area (Å²) >= 11 is 0. The smallest absolute Gasteiger partial charge is 0.203 e. The van der Waals surface area contributed by atoms with E-state index in [9.17, 15) is 5.26 Å². The summed E-state index contributed by atoms with van der Waals surface area (Å²) in [6.45, 7) is 0.889. The van der Waals surface area contributed by atoms with Crippen LogP contribution in [-0.2, 0) is 0 Å². The van der Waals surface area contributed by atoms with Crippen LogP contribution in [0.3, 0.4) is 0 Å². The van der Waals surface area contributed by atoms with Gasteiger partial charge in [-0.2, -0.15) is 5.26 Å². The number of methoxy groups -OCH3 is 5. The second-order valence-electron chi connectivity index (χ2n) is 8.53. The van der Waals surface area contributed by atoms with Crippen molar-refractivity contribution < 1.29 is 23.7 Å². The van der Waals surface area contributed by atoms with Gasteiger partial charge in [0.15, 0.2) is 23.0 Å². The Kier molecular flexibility index (Phi) is 7.06. The molecule has 7 nitrogen and oxygen atoms in total. The molecule has 2 aliphatic heterocycles. The van der Waals surface area contributed by atoms with Gasteiger partial charge in [-0.05, 0) is 61.1 Å². The zero-order valence-corrected chi connectivity index (χ0v) is 20.5. The number of piperidine rings is 1. The Morgan fingerprint density at radius 3 is 2.09 bits per heavy atom. The van der Waals surface area contributed by atoms with Gasteiger partial charge in [0, 0.05) is 24.1 Å². The van der Waals surface area contributed by atoms with Crippen molar-refractivity contribution >= 4 is 5.57 Å². The van der Waals surface area contributed by atoms with Crippen LogP contribution in [0.2, 0.25) is 0 Å². The predicted octanol–water partition coefficient (Wildman–Crippen LogP) is 5.01. The van der Waals surface area contributed by atoms with Gasteiger partial charge in [0.1, 0.15) is 11.8 Å². The number of hydrogen-bond acceptors (Lipinski definition) is 7. The Balaban J connectivity index is 1.95. The first-order chi connectivity index (χ1) is 16.6. The fourth-order valence-corrected chi connectivity index (χ4v) is 5.32. The molecule has 2 atom stereocenters. The first kappa shape index (κ1) is 23.6. The highest BCUT2D eigenvalue weighted by atomic mass is 16.5. The predicted molar refractivity (Wildman–Crippen MR) is 130 cm³/mol. The van der Waals surface area contributed by atoms with Crippen molar-refractivity contribution in [3.05, 3.63) is 47.2 Å². The number of rotatable bonds is 7. The normalized spacial score (nSPS) is 19.7. The molecule has 1 fully saturated rings. The summed E-state index contributed by atoms with van der Waals surface area (Å²) < 4.78 is 27.9. The van der Waals surface area contributed by atoms with Gasteiger partial charge in [-0.25, -0.2) is 0 Å². The van der Waals surface area contributed by atoms with Gasteiger partial charge >= 0.3 is 0 Å². The van der Waals surface area contributed by atoms with Crippen molar-refractivity contribution in [2.75, 3.05) is 42.1 Å². The van der Waals surface area contributed by atoms with Crippen LogP contribution in [0, 0.1) is 11.3 Å². The SMILES string of the molecule is COc1ccc([C@@H]2C[C@@H]3CCCCN3C(C#N)=C2c2cc(OC)c(OC)c(OC)c2)cc1OC. The summed E-state index contributed by atoms with van der Waals surface area (Å²) in [4.78, 5) is 2.29. The Bertz CT molecular complexity index is 1100. The third-order valence-corrected chi connectivity index (χ3v) is 6.92. The van der Waals surface area contributed by atoms with E-state index in [1.54, 1.807) is 35.5 Å². The minimum absolute atomic E-state index is 0.00314. The average Bonchev–Trinajstić information content (AvgIpc) is 2.90. The molecule has 0 N–H and O–H groups in total. The van der Waals surface area contributed by atoms with Crippen molar-refractivity contribution in [1.29, 1.82) is 5.26 Å². The number of fused-ring (bicyclic) bond motifs is 1. The second kappa shape index (κ2) is 10.2. The van der Waals surface area contributed by atoms with E-state index in [2.05, 4.69) is 17.0 Å². The van der Waals surface area contributed by atoms with E-state index in [1.165, 1.54) is 6.42 Å². The highest BCUT2D eigenvalue weighted by Crippen LogP contribution is 2.50. The van der Waals surface area contributed by atoms with E-state index in [1.807, 2.05) is 24.3 Å². The van der Waals surface area contributed by atoms with Crippen LogP contribution < -0.4 is 23.7 Å². The van der Waals surface area contributed by atoms with Crippen molar-refractivity contribution in [2.24, 2.45) is 0 Å². The van der Waals surface area contributed by atoms with Crippen LogP contribution in [0.4, 0.5) is 0 Å². The third kappa shape index (κ3) is 4.09. The van der Waals surface area contributed by atoms with Gasteiger partial charge in [0.05, 0.1) is 35.5 Å². The van der Waals surface area contributed by atoms with Gasteiger partial charge in [-0.1, -0.05) is 6.07 Å². The molecule has 0 amide bonds. The lowest BCUT2D eigenvalue weighted by Gasteiger charge is -2.44. The van der Waals surface area contributed by atoms with Crippen LogP contribution >= 0.6 is 0 Å². The Labute approximate surface area is 201 Å². The fourth-order valence-electron chi connectivity index (χ4n) is 5.32. The molecular weight excluding hydrogens is 432 g/mol. The first-order valence-electron chi connectivity index (χ1n) is 11.5. The lowest BCUT2D eigenvalue weighted by atomic mass is 9.76. The minimum atomic E-state index is -0.00314. The molecule has 0 spiro atoms. The zero-order valence-electron chi connectivity index (χ0n) is 20.5.